The second kappa shape index (κ2) is 4.16. The maximum atomic E-state index is 9.15. The lowest BCUT2D eigenvalue weighted by Crippen LogP contribution is -1.92. The van der Waals surface area contributed by atoms with Gasteiger partial charge in [0.1, 0.15) is 0 Å². The van der Waals surface area contributed by atoms with Crippen LogP contribution >= 0.6 is 0 Å². The first-order chi connectivity index (χ1) is 7.72. The highest BCUT2D eigenvalue weighted by molar-refractivity contribution is 5.71. The molecule has 0 N–H and O–H groups in total. The number of benzene rings is 1. The van der Waals surface area contributed by atoms with Gasteiger partial charge in [-0.3, -0.25) is 4.98 Å². The normalized spacial score (nSPS) is 9.81. The Morgan fingerprint density at radius 1 is 1.19 bits per heavy atom. The summed E-state index contributed by atoms with van der Waals surface area (Å²) < 4.78 is 0. The molecule has 0 fully saturated rings. The summed E-state index contributed by atoms with van der Waals surface area (Å²) in [6.45, 7) is 4.01. The van der Waals surface area contributed by atoms with Crippen LogP contribution in [0.25, 0.3) is 11.3 Å². The molecule has 0 aliphatic heterocycles. The minimum absolute atomic E-state index is 0.691. The Labute approximate surface area is 95.2 Å². The second-order valence-electron chi connectivity index (χ2n) is 3.83. The van der Waals surface area contributed by atoms with Gasteiger partial charge in [-0.25, -0.2) is 0 Å². The highest BCUT2D eigenvalue weighted by atomic mass is 14.7. The average molecular weight is 208 g/mol. The monoisotopic (exact) mass is 208 g/mol. The Balaban J connectivity index is 2.71. The molecule has 2 rings (SSSR count). The molecular formula is C14H12N2. The first-order valence-electron chi connectivity index (χ1n) is 5.15. The first-order valence-corrected chi connectivity index (χ1v) is 5.15. The van der Waals surface area contributed by atoms with Crippen LogP contribution in [0.4, 0.5) is 0 Å². The Bertz CT molecular complexity index is 551. The molecule has 0 aliphatic carbocycles. The Kier molecular flexibility index (Phi) is 2.70. The molecule has 2 nitrogen and oxygen atoms in total. The van der Waals surface area contributed by atoms with E-state index in [0.717, 1.165) is 22.4 Å². The number of rotatable bonds is 1. The molecule has 1 aromatic carbocycles. The Hall–Kier alpha value is -2.14. The van der Waals surface area contributed by atoms with Gasteiger partial charge in [0.2, 0.25) is 0 Å². The molecule has 0 spiro atoms. The number of aromatic nitrogens is 1. The van der Waals surface area contributed by atoms with Crippen molar-refractivity contribution in [2.75, 3.05) is 0 Å². The Morgan fingerprint density at radius 3 is 2.62 bits per heavy atom. The molecule has 0 amide bonds. The van der Waals surface area contributed by atoms with Crippen LogP contribution in [0.5, 0.6) is 0 Å². The zero-order valence-electron chi connectivity index (χ0n) is 9.36. The van der Waals surface area contributed by atoms with Gasteiger partial charge in [0.05, 0.1) is 17.3 Å². The molecule has 78 valence electrons. The van der Waals surface area contributed by atoms with Crippen molar-refractivity contribution in [3.8, 4) is 17.3 Å². The third-order valence-electron chi connectivity index (χ3n) is 2.52. The minimum Gasteiger partial charge on any atom is -0.256 e. The summed E-state index contributed by atoms with van der Waals surface area (Å²) in [5.41, 5.74) is 4.69. The summed E-state index contributed by atoms with van der Waals surface area (Å²) in [4.78, 5) is 4.30. The lowest BCUT2D eigenvalue weighted by atomic mass is 9.97. The van der Waals surface area contributed by atoms with E-state index < -0.39 is 0 Å². The van der Waals surface area contributed by atoms with Crippen LogP contribution in [-0.2, 0) is 0 Å². The standard InChI is InChI=1S/C14H12N2/c1-10-7-11(2)14(12(8-10)9-15)13-5-3-4-6-16-13/h3-8H,1-2H3. The lowest BCUT2D eigenvalue weighted by molar-refractivity contribution is 1.28. The van der Waals surface area contributed by atoms with Crippen LogP contribution in [0.2, 0.25) is 0 Å². The number of hydrogen-bond acceptors (Lipinski definition) is 2. The van der Waals surface area contributed by atoms with Gasteiger partial charge in [-0.05, 0) is 43.2 Å². The topological polar surface area (TPSA) is 36.7 Å². The molecule has 0 aliphatic rings. The van der Waals surface area contributed by atoms with Crippen molar-refractivity contribution in [2.24, 2.45) is 0 Å². The van der Waals surface area contributed by atoms with E-state index in [0.29, 0.717) is 5.56 Å². The molecule has 0 unspecified atom stereocenters. The van der Waals surface area contributed by atoms with Crippen LogP contribution in [-0.4, -0.2) is 4.98 Å². The fourth-order valence-corrected chi connectivity index (χ4v) is 1.91. The quantitative estimate of drug-likeness (QED) is 0.721. The summed E-state index contributed by atoms with van der Waals surface area (Å²) in [5.74, 6) is 0. The highest BCUT2D eigenvalue weighted by Crippen LogP contribution is 2.26. The van der Waals surface area contributed by atoms with E-state index in [2.05, 4.69) is 17.1 Å². The van der Waals surface area contributed by atoms with E-state index in [1.807, 2.05) is 38.1 Å². The van der Waals surface area contributed by atoms with Crippen molar-refractivity contribution in [3.05, 3.63) is 53.2 Å². The molecule has 0 atom stereocenters. The molecule has 16 heavy (non-hydrogen) atoms. The molecule has 1 heterocycles. The number of nitriles is 1. The van der Waals surface area contributed by atoms with Gasteiger partial charge in [0.25, 0.3) is 0 Å². The molecule has 0 radical (unpaired) electrons. The van der Waals surface area contributed by atoms with Gasteiger partial charge < -0.3 is 0 Å². The van der Waals surface area contributed by atoms with Crippen molar-refractivity contribution >= 4 is 0 Å². The zero-order valence-corrected chi connectivity index (χ0v) is 9.36. The summed E-state index contributed by atoms with van der Waals surface area (Å²) in [7, 11) is 0. The molecule has 0 bridgehead atoms. The highest BCUT2D eigenvalue weighted by Gasteiger charge is 2.09. The largest absolute Gasteiger partial charge is 0.256 e. The van der Waals surface area contributed by atoms with Gasteiger partial charge in [-0.1, -0.05) is 12.1 Å². The number of pyridine rings is 1. The molecule has 2 aromatic rings. The third kappa shape index (κ3) is 1.80. The zero-order chi connectivity index (χ0) is 11.5. The number of aryl methyl sites for hydroxylation is 2. The van der Waals surface area contributed by atoms with E-state index in [4.69, 9.17) is 5.26 Å². The summed E-state index contributed by atoms with van der Waals surface area (Å²) in [5, 5.41) is 9.15. The van der Waals surface area contributed by atoms with E-state index in [1.54, 1.807) is 6.20 Å². The van der Waals surface area contributed by atoms with E-state index in [9.17, 15) is 0 Å². The van der Waals surface area contributed by atoms with Crippen molar-refractivity contribution in [1.29, 1.82) is 5.26 Å². The van der Waals surface area contributed by atoms with Crippen molar-refractivity contribution in [1.82, 2.24) is 4.98 Å². The molecule has 1 aromatic heterocycles. The van der Waals surface area contributed by atoms with Crippen LogP contribution in [0.3, 0.4) is 0 Å². The van der Waals surface area contributed by atoms with Crippen LogP contribution in [0.1, 0.15) is 16.7 Å². The van der Waals surface area contributed by atoms with Crippen molar-refractivity contribution in [2.45, 2.75) is 13.8 Å². The van der Waals surface area contributed by atoms with Crippen LogP contribution < -0.4 is 0 Å². The van der Waals surface area contributed by atoms with Crippen molar-refractivity contribution < 1.29 is 0 Å². The summed E-state index contributed by atoms with van der Waals surface area (Å²) in [6.07, 6.45) is 1.75. The van der Waals surface area contributed by atoms with Crippen LogP contribution in [0, 0.1) is 25.2 Å². The predicted molar refractivity (Wildman–Crippen MR) is 63.9 cm³/mol. The number of nitrogens with zero attached hydrogens (tertiary/aromatic N) is 2. The third-order valence-corrected chi connectivity index (χ3v) is 2.52. The smallest absolute Gasteiger partial charge is 0.0998 e. The van der Waals surface area contributed by atoms with E-state index in [1.165, 1.54) is 0 Å². The Morgan fingerprint density at radius 2 is 2.00 bits per heavy atom. The van der Waals surface area contributed by atoms with Crippen LogP contribution in [0.15, 0.2) is 36.5 Å². The van der Waals surface area contributed by atoms with Crippen molar-refractivity contribution in [3.63, 3.8) is 0 Å². The SMILES string of the molecule is Cc1cc(C)c(-c2ccccn2)c(C#N)c1. The van der Waals surface area contributed by atoms with Gasteiger partial charge >= 0.3 is 0 Å². The fourth-order valence-electron chi connectivity index (χ4n) is 1.91. The van der Waals surface area contributed by atoms with Gasteiger partial charge in [0, 0.05) is 11.8 Å². The minimum atomic E-state index is 0.691. The van der Waals surface area contributed by atoms with Gasteiger partial charge in [-0.15, -0.1) is 0 Å². The second-order valence-corrected chi connectivity index (χ2v) is 3.83. The fraction of sp³-hybridized carbons (Fsp3) is 0.143. The predicted octanol–water partition coefficient (Wildman–Crippen LogP) is 3.24. The molecular weight excluding hydrogens is 196 g/mol. The summed E-state index contributed by atoms with van der Waals surface area (Å²) in [6, 6.07) is 11.9. The maximum absolute atomic E-state index is 9.15. The lowest BCUT2D eigenvalue weighted by Gasteiger charge is -2.08. The summed E-state index contributed by atoms with van der Waals surface area (Å²) >= 11 is 0. The molecule has 0 saturated carbocycles. The first kappa shape index (κ1) is 10.4. The average Bonchev–Trinajstić information content (AvgIpc) is 2.29. The van der Waals surface area contributed by atoms with Gasteiger partial charge in [0.15, 0.2) is 0 Å². The van der Waals surface area contributed by atoms with Gasteiger partial charge in [-0.2, -0.15) is 5.26 Å². The van der Waals surface area contributed by atoms with E-state index in [-0.39, 0.29) is 0 Å². The molecule has 2 heteroatoms. The number of hydrogen-bond donors (Lipinski definition) is 0. The van der Waals surface area contributed by atoms with E-state index >= 15 is 0 Å². The maximum Gasteiger partial charge on any atom is 0.0998 e. The molecule has 0 saturated heterocycles.